The molecule has 0 aliphatic rings. The molecule has 0 amide bonds. The molecule has 2 aromatic rings. The summed E-state index contributed by atoms with van der Waals surface area (Å²) in [7, 11) is 0. The van der Waals surface area contributed by atoms with Crippen LogP contribution in [-0.2, 0) is 0 Å². The van der Waals surface area contributed by atoms with E-state index in [4.69, 9.17) is 33.3 Å². The van der Waals surface area contributed by atoms with Crippen molar-refractivity contribution in [3.05, 3.63) is 58.1 Å². The largest absolute Gasteiger partial charge is 0.457 e. The van der Waals surface area contributed by atoms with Crippen molar-refractivity contribution in [1.29, 1.82) is 5.41 Å². The third kappa shape index (κ3) is 3.25. The lowest BCUT2D eigenvalue weighted by Gasteiger charge is -2.08. The van der Waals surface area contributed by atoms with Gasteiger partial charge < -0.3 is 10.1 Å². The molecule has 0 radical (unpaired) electrons. The van der Waals surface area contributed by atoms with Crippen molar-refractivity contribution in [3.8, 4) is 11.5 Å². The van der Waals surface area contributed by atoms with Crippen molar-refractivity contribution >= 4 is 28.9 Å². The van der Waals surface area contributed by atoms with Crippen LogP contribution in [0.4, 0.5) is 0 Å². The summed E-state index contributed by atoms with van der Waals surface area (Å²) in [6.45, 7) is 1.71. The number of benzene rings is 2. The molecule has 0 unspecified atom stereocenters. The van der Waals surface area contributed by atoms with Crippen molar-refractivity contribution in [2.75, 3.05) is 0 Å². The smallest absolute Gasteiger partial charge is 0.129 e. The fourth-order valence-electron chi connectivity index (χ4n) is 1.48. The lowest BCUT2D eigenvalue weighted by atomic mass is 10.1. The Labute approximate surface area is 116 Å². The van der Waals surface area contributed by atoms with E-state index in [-0.39, 0.29) is 0 Å². The summed E-state index contributed by atoms with van der Waals surface area (Å²) in [6.07, 6.45) is 0. The third-order valence-corrected chi connectivity index (χ3v) is 2.82. The zero-order chi connectivity index (χ0) is 13.1. The summed E-state index contributed by atoms with van der Waals surface area (Å²) < 4.78 is 5.67. The van der Waals surface area contributed by atoms with Crippen LogP contribution in [0, 0.1) is 5.41 Å². The molecule has 0 atom stereocenters. The Bertz CT molecular complexity index is 579. The van der Waals surface area contributed by atoms with Gasteiger partial charge >= 0.3 is 0 Å². The van der Waals surface area contributed by atoms with Gasteiger partial charge in [-0.1, -0.05) is 23.2 Å². The molecule has 0 bridgehead atoms. The number of ether oxygens (including phenoxy) is 1. The summed E-state index contributed by atoms with van der Waals surface area (Å²) >= 11 is 11.8. The van der Waals surface area contributed by atoms with Crippen molar-refractivity contribution in [3.63, 3.8) is 0 Å². The number of hydrogen-bond donors (Lipinski definition) is 1. The summed E-state index contributed by atoms with van der Waals surface area (Å²) in [5.74, 6) is 1.28. The van der Waals surface area contributed by atoms with Gasteiger partial charge in [0, 0.05) is 21.3 Å². The molecule has 0 aromatic heterocycles. The zero-order valence-corrected chi connectivity index (χ0v) is 11.2. The standard InChI is InChI=1S/C14H11Cl2NO/c1-9(17)10-6-12(16)8-14(7-10)18-13-4-2-11(15)3-5-13/h2-8,17H,1H3. The number of hydrogen-bond acceptors (Lipinski definition) is 2. The molecule has 18 heavy (non-hydrogen) atoms. The van der Waals surface area contributed by atoms with Gasteiger partial charge in [0.15, 0.2) is 0 Å². The molecular weight excluding hydrogens is 269 g/mol. The van der Waals surface area contributed by atoms with E-state index in [1.165, 1.54) is 0 Å². The maximum absolute atomic E-state index is 7.60. The summed E-state index contributed by atoms with van der Waals surface area (Å²) in [6, 6.07) is 12.3. The minimum atomic E-state index is 0.443. The van der Waals surface area contributed by atoms with Gasteiger partial charge in [-0.3, -0.25) is 0 Å². The highest BCUT2D eigenvalue weighted by atomic mass is 35.5. The first-order chi connectivity index (χ1) is 8.54. The van der Waals surface area contributed by atoms with Crippen molar-refractivity contribution in [1.82, 2.24) is 0 Å². The van der Waals surface area contributed by atoms with Gasteiger partial charge in [-0.05, 0) is 49.4 Å². The SMILES string of the molecule is CC(=N)c1cc(Cl)cc(Oc2ccc(Cl)cc2)c1. The Balaban J connectivity index is 2.28. The first-order valence-corrected chi connectivity index (χ1v) is 6.10. The molecule has 1 N–H and O–H groups in total. The first-order valence-electron chi connectivity index (χ1n) is 5.34. The average Bonchev–Trinajstić information content (AvgIpc) is 2.31. The average molecular weight is 280 g/mol. The molecule has 0 saturated carbocycles. The van der Waals surface area contributed by atoms with Crippen molar-refractivity contribution < 1.29 is 4.74 Å². The van der Waals surface area contributed by atoms with E-state index in [2.05, 4.69) is 0 Å². The molecule has 0 spiro atoms. The van der Waals surface area contributed by atoms with Crippen LogP contribution in [0.3, 0.4) is 0 Å². The monoisotopic (exact) mass is 279 g/mol. The van der Waals surface area contributed by atoms with Crippen molar-refractivity contribution in [2.45, 2.75) is 6.92 Å². The van der Waals surface area contributed by atoms with Crippen LogP contribution < -0.4 is 4.74 Å². The molecule has 0 saturated heterocycles. The van der Waals surface area contributed by atoms with Crippen LogP contribution in [-0.4, -0.2) is 5.71 Å². The van der Waals surface area contributed by atoms with Gasteiger partial charge in [-0.2, -0.15) is 0 Å². The minimum absolute atomic E-state index is 0.443. The molecule has 0 aliphatic carbocycles. The van der Waals surface area contributed by atoms with E-state index < -0.39 is 0 Å². The van der Waals surface area contributed by atoms with E-state index in [0.29, 0.717) is 27.3 Å². The van der Waals surface area contributed by atoms with Gasteiger partial charge in [0.1, 0.15) is 11.5 Å². The molecular formula is C14H11Cl2NO. The Kier molecular flexibility index (Phi) is 3.90. The second kappa shape index (κ2) is 5.42. The lowest BCUT2D eigenvalue weighted by Crippen LogP contribution is -1.93. The summed E-state index contributed by atoms with van der Waals surface area (Å²) in [5, 5.41) is 8.81. The predicted molar refractivity (Wildman–Crippen MR) is 75.5 cm³/mol. The highest BCUT2D eigenvalue weighted by Crippen LogP contribution is 2.27. The van der Waals surface area contributed by atoms with E-state index in [1.54, 1.807) is 49.4 Å². The highest BCUT2D eigenvalue weighted by molar-refractivity contribution is 6.31. The topological polar surface area (TPSA) is 33.1 Å². The van der Waals surface area contributed by atoms with E-state index in [1.807, 2.05) is 0 Å². The second-order valence-corrected chi connectivity index (χ2v) is 4.73. The normalized spacial score (nSPS) is 10.2. The molecule has 0 fully saturated rings. The molecule has 2 rings (SSSR count). The maximum Gasteiger partial charge on any atom is 0.129 e. The lowest BCUT2D eigenvalue weighted by molar-refractivity contribution is 0.482. The molecule has 2 nitrogen and oxygen atoms in total. The van der Waals surface area contributed by atoms with Gasteiger partial charge in [-0.15, -0.1) is 0 Å². The number of nitrogens with one attached hydrogen (secondary N) is 1. The Morgan fingerprint density at radius 1 is 0.944 bits per heavy atom. The fraction of sp³-hybridized carbons (Fsp3) is 0.0714. The third-order valence-electron chi connectivity index (χ3n) is 2.35. The van der Waals surface area contributed by atoms with E-state index in [0.717, 1.165) is 5.56 Å². The quantitative estimate of drug-likeness (QED) is 0.772. The number of rotatable bonds is 3. The fourth-order valence-corrected chi connectivity index (χ4v) is 1.83. The van der Waals surface area contributed by atoms with Gasteiger partial charge in [0.05, 0.1) is 0 Å². The van der Waals surface area contributed by atoms with Crippen LogP contribution in [0.15, 0.2) is 42.5 Å². The summed E-state index contributed by atoms with van der Waals surface area (Å²) in [5.41, 5.74) is 1.19. The number of halogens is 2. The molecule has 0 heterocycles. The van der Waals surface area contributed by atoms with Gasteiger partial charge in [-0.25, -0.2) is 0 Å². The second-order valence-electron chi connectivity index (χ2n) is 3.86. The Morgan fingerprint density at radius 3 is 2.22 bits per heavy atom. The first kappa shape index (κ1) is 12.9. The van der Waals surface area contributed by atoms with Crippen LogP contribution in [0.25, 0.3) is 0 Å². The van der Waals surface area contributed by atoms with Crippen LogP contribution in [0.1, 0.15) is 12.5 Å². The highest BCUT2D eigenvalue weighted by Gasteiger charge is 2.04. The predicted octanol–water partition coefficient (Wildman–Crippen LogP) is 5.17. The van der Waals surface area contributed by atoms with E-state index in [9.17, 15) is 0 Å². The van der Waals surface area contributed by atoms with Gasteiger partial charge in [0.25, 0.3) is 0 Å². The molecule has 4 heteroatoms. The van der Waals surface area contributed by atoms with Crippen molar-refractivity contribution in [2.24, 2.45) is 0 Å². The molecule has 2 aromatic carbocycles. The van der Waals surface area contributed by atoms with E-state index >= 15 is 0 Å². The Morgan fingerprint density at radius 2 is 1.61 bits per heavy atom. The van der Waals surface area contributed by atoms with Crippen LogP contribution >= 0.6 is 23.2 Å². The molecule has 92 valence electrons. The van der Waals surface area contributed by atoms with Gasteiger partial charge in [0.2, 0.25) is 0 Å². The minimum Gasteiger partial charge on any atom is -0.457 e. The Hall–Kier alpha value is -1.51. The molecule has 0 aliphatic heterocycles. The maximum atomic E-state index is 7.60. The van der Waals surface area contributed by atoms with Crippen LogP contribution in [0.2, 0.25) is 10.0 Å². The zero-order valence-electron chi connectivity index (χ0n) is 9.71. The summed E-state index contributed by atoms with van der Waals surface area (Å²) in [4.78, 5) is 0. The van der Waals surface area contributed by atoms with Crippen LogP contribution in [0.5, 0.6) is 11.5 Å².